The maximum absolute atomic E-state index is 12.9. The number of ether oxygens (including phenoxy) is 1. The van der Waals surface area contributed by atoms with Crippen molar-refractivity contribution in [2.24, 2.45) is 0 Å². The molecule has 1 heterocycles. The summed E-state index contributed by atoms with van der Waals surface area (Å²) in [5.74, 6) is -0.141. The lowest BCUT2D eigenvalue weighted by atomic mass is 9.99. The standard InChI is InChI=1S/C19H19FN2O3/c1-13(23)21-17-5-2-14-8-9-22(11-15(14)10-17)19(24)12-25-18-6-3-16(20)4-7-18/h2-7,10H,8-9,11-12H2,1H3,(H,21,23). The van der Waals surface area contributed by atoms with Gasteiger partial charge in [-0.2, -0.15) is 0 Å². The fourth-order valence-electron chi connectivity index (χ4n) is 2.82. The Bertz CT molecular complexity index is 790. The summed E-state index contributed by atoms with van der Waals surface area (Å²) >= 11 is 0. The van der Waals surface area contributed by atoms with Gasteiger partial charge < -0.3 is 15.0 Å². The van der Waals surface area contributed by atoms with E-state index in [4.69, 9.17) is 4.74 Å². The fourth-order valence-corrected chi connectivity index (χ4v) is 2.82. The minimum Gasteiger partial charge on any atom is -0.484 e. The largest absolute Gasteiger partial charge is 0.484 e. The van der Waals surface area contributed by atoms with Gasteiger partial charge in [-0.1, -0.05) is 6.07 Å². The Hall–Kier alpha value is -2.89. The van der Waals surface area contributed by atoms with Crippen molar-refractivity contribution in [1.29, 1.82) is 0 Å². The van der Waals surface area contributed by atoms with Crippen LogP contribution in [0.2, 0.25) is 0 Å². The van der Waals surface area contributed by atoms with E-state index >= 15 is 0 Å². The first-order chi connectivity index (χ1) is 12.0. The van der Waals surface area contributed by atoms with Gasteiger partial charge >= 0.3 is 0 Å². The third-order valence-electron chi connectivity index (χ3n) is 4.07. The van der Waals surface area contributed by atoms with Crippen LogP contribution in [0.1, 0.15) is 18.1 Å². The zero-order valence-corrected chi connectivity index (χ0v) is 13.9. The number of hydrogen-bond acceptors (Lipinski definition) is 3. The van der Waals surface area contributed by atoms with Gasteiger partial charge in [0, 0.05) is 25.7 Å². The van der Waals surface area contributed by atoms with Crippen LogP contribution in [-0.2, 0) is 22.6 Å². The molecule has 1 N–H and O–H groups in total. The monoisotopic (exact) mass is 342 g/mol. The third kappa shape index (κ3) is 4.35. The van der Waals surface area contributed by atoms with E-state index in [1.54, 1.807) is 4.90 Å². The molecule has 0 spiro atoms. The van der Waals surface area contributed by atoms with Crippen molar-refractivity contribution in [1.82, 2.24) is 4.90 Å². The average molecular weight is 342 g/mol. The average Bonchev–Trinajstić information content (AvgIpc) is 2.60. The molecule has 6 heteroatoms. The van der Waals surface area contributed by atoms with Crippen molar-refractivity contribution in [3.8, 4) is 5.75 Å². The Balaban J connectivity index is 1.61. The highest BCUT2D eigenvalue weighted by molar-refractivity contribution is 5.88. The Labute approximate surface area is 145 Å². The molecule has 0 atom stereocenters. The summed E-state index contributed by atoms with van der Waals surface area (Å²) in [5.41, 5.74) is 2.92. The summed E-state index contributed by atoms with van der Waals surface area (Å²) in [7, 11) is 0. The normalized spacial score (nSPS) is 13.1. The van der Waals surface area contributed by atoms with Gasteiger partial charge in [-0.05, 0) is 53.9 Å². The van der Waals surface area contributed by atoms with Crippen LogP contribution in [0.4, 0.5) is 10.1 Å². The third-order valence-corrected chi connectivity index (χ3v) is 4.07. The zero-order chi connectivity index (χ0) is 17.8. The van der Waals surface area contributed by atoms with Crippen LogP contribution in [0, 0.1) is 5.82 Å². The molecule has 0 aromatic heterocycles. The first kappa shape index (κ1) is 17.0. The number of halogens is 1. The molecule has 2 aromatic carbocycles. The summed E-state index contributed by atoms with van der Waals surface area (Å²) < 4.78 is 18.3. The molecule has 2 amide bonds. The van der Waals surface area contributed by atoms with E-state index in [1.807, 2.05) is 18.2 Å². The van der Waals surface area contributed by atoms with Gasteiger partial charge in [0.15, 0.2) is 6.61 Å². The van der Waals surface area contributed by atoms with Crippen LogP contribution < -0.4 is 10.1 Å². The SMILES string of the molecule is CC(=O)Nc1ccc2c(c1)CN(C(=O)COc1ccc(F)cc1)CC2. The highest BCUT2D eigenvalue weighted by Gasteiger charge is 2.21. The molecular weight excluding hydrogens is 323 g/mol. The number of nitrogens with zero attached hydrogens (tertiary/aromatic N) is 1. The second-order valence-corrected chi connectivity index (χ2v) is 5.97. The summed E-state index contributed by atoms with van der Waals surface area (Å²) in [5, 5.41) is 2.75. The van der Waals surface area contributed by atoms with Crippen molar-refractivity contribution in [2.75, 3.05) is 18.5 Å². The van der Waals surface area contributed by atoms with Crippen molar-refractivity contribution in [2.45, 2.75) is 19.9 Å². The zero-order valence-electron chi connectivity index (χ0n) is 13.9. The lowest BCUT2D eigenvalue weighted by Crippen LogP contribution is -2.38. The van der Waals surface area contributed by atoms with E-state index in [0.717, 1.165) is 17.7 Å². The number of carbonyl (C=O) groups excluding carboxylic acids is 2. The minimum atomic E-state index is -0.346. The van der Waals surface area contributed by atoms with Crippen molar-refractivity contribution in [3.63, 3.8) is 0 Å². The summed E-state index contributed by atoms with van der Waals surface area (Å²) in [6.45, 7) is 2.47. The molecular formula is C19H19FN2O3. The second kappa shape index (κ2) is 7.34. The van der Waals surface area contributed by atoms with E-state index in [2.05, 4.69) is 5.32 Å². The molecule has 0 fully saturated rings. The molecule has 0 saturated carbocycles. The first-order valence-electron chi connectivity index (χ1n) is 8.07. The molecule has 0 saturated heterocycles. The molecule has 0 radical (unpaired) electrons. The number of benzene rings is 2. The Morgan fingerprint density at radius 2 is 1.92 bits per heavy atom. The predicted molar refractivity (Wildman–Crippen MR) is 91.8 cm³/mol. The van der Waals surface area contributed by atoms with E-state index in [-0.39, 0.29) is 24.2 Å². The summed E-state index contributed by atoms with van der Waals surface area (Å²) in [6, 6.07) is 11.3. The van der Waals surface area contributed by atoms with Gasteiger partial charge in [-0.3, -0.25) is 9.59 Å². The molecule has 3 rings (SSSR count). The Morgan fingerprint density at radius 1 is 1.16 bits per heavy atom. The maximum Gasteiger partial charge on any atom is 0.260 e. The van der Waals surface area contributed by atoms with E-state index in [9.17, 15) is 14.0 Å². The molecule has 2 aromatic rings. The van der Waals surface area contributed by atoms with Crippen molar-refractivity contribution >= 4 is 17.5 Å². The van der Waals surface area contributed by atoms with Gasteiger partial charge in [0.1, 0.15) is 11.6 Å². The molecule has 0 aliphatic carbocycles. The second-order valence-electron chi connectivity index (χ2n) is 5.97. The number of fused-ring (bicyclic) bond motifs is 1. The highest BCUT2D eigenvalue weighted by atomic mass is 19.1. The number of hydrogen-bond donors (Lipinski definition) is 1. The molecule has 1 aliphatic rings. The van der Waals surface area contributed by atoms with Crippen LogP contribution >= 0.6 is 0 Å². The predicted octanol–water partition coefficient (Wildman–Crippen LogP) is 2.75. The van der Waals surface area contributed by atoms with E-state index in [0.29, 0.717) is 18.8 Å². The number of nitrogens with one attached hydrogen (secondary N) is 1. The minimum absolute atomic E-state index is 0.0909. The van der Waals surface area contributed by atoms with Gasteiger partial charge in [0.2, 0.25) is 5.91 Å². The molecule has 0 bridgehead atoms. The number of anilines is 1. The fraction of sp³-hybridized carbons (Fsp3) is 0.263. The van der Waals surface area contributed by atoms with Crippen molar-refractivity contribution < 1.29 is 18.7 Å². The number of carbonyl (C=O) groups is 2. The van der Waals surface area contributed by atoms with Crippen LogP contribution in [0.3, 0.4) is 0 Å². The topological polar surface area (TPSA) is 58.6 Å². The molecule has 5 nitrogen and oxygen atoms in total. The van der Waals surface area contributed by atoms with Crippen LogP contribution in [0.15, 0.2) is 42.5 Å². The smallest absolute Gasteiger partial charge is 0.260 e. The van der Waals surface area contributed by atoms with Crippen LogP contribution in [0.5, 0.6) is 5.75 Å². The lowest BCUT2D eigenvalue weighted by Gasteiger charge is -2.29. The number of rotatable bonds is 4. The van der Waals surface area contributed by atoms with Crippen LogP contribution in [-0.4, -0.2) is 29.9 Å². The van der Waals surface area contributed by atoms with Gasteiger partial charge in [0.25, 0.3) is 5.91 Å². The molecule has 0 unspecified atom stereocenters. The lowest BCUT2D eigenvalue weighted by molar-refractivity contribution is -0.134. The number of amides is 2. The van der Waals surface area contributed by atoms with Gasteiger partial charge in [0.05, 0.1) is 0 Å². The van der Waals surface area contributed by atoms with Crippen LogP contribution in [0.25, 0.3) is 0 Å². The molecule has 25 heavy (non-hydrogen) atoms. The summed E-state index contributed by atoms with van der Waals surface area (Å²) in [4.78, 5) is 25.3. The Kier molecular flexibility index (Phi) is 4.97. The molecule has 130 valence electrons. The van der Waals surface area contributed by atoms with Crippen molar-refractivity contribution in [3.05, 3.63) is 59.4 Å². The summed E-state index contributed by atoms with van der Waals surface area (Å²) in [6.07, 6.45) is 0.762. The molecule has 1 aliphatic heterocycles. The Morgan fingerprint density at radius 3 is 2.64 bits per heavy atom. The first-order valence-corrected chi connectivity index (χ1v) is 8.07. The van der Waals surface area contributed by atoms with Gasteiger partial charge in [-0.25, -0.2) is 4.39 Å². The quantitative estimate of drug-likeness (QED) is 0.929. The van der Waals surface area contributed by atoms with E-state index < -0.39 is 0 Å². The highest BCUT2D eigenvalue weighted by Crippen LogP contribution is 2.23. The van der Waals surface area contributed by atoms with E-state index in [1.165, 1.54) is 36.8 Å². The van der Waals surface area contributed by atoms with Gasteiger partial charge in [-0.15, -0.1) is 0 Å². The maximum atomic E-state index is 12.9.